The van der Waals surface area contributed by atoms with E-state index in [0.29, 0.717) is 13.0 Å². The van der Waals surface area contributed by atoms with Crippen molar-refractivity contribution in [3.63, 3.8) is 0 Å². The number of halogens is 4. The highest BCUT2D eigenvalue weighted by Gasteiger charge is 2.38. The zero-order valence-corrected chi connectivity index (χ0v) is 10.1. The number of nitrogens with one attached hydrogen (secondary N) is 1. The monoisotopic (exact) mass is 265 g/mol. The van der Waals surface area contributed by atoms with E-state index >= 15 is 0 Å². The van der Waals surface area contributed by atoms with Gasteiger partial charge in [-0.15, -0.1) is 11.6 Å². The Hall–Kier alpha value is -0.740. The lowest BCUT2D eigenvalue weighted by atomic mass is 10.1. The van der Waals surface area contributed by atoms with Gasteiger partial charge in [0.05, 0.1) is 0 Å². The first-order valence-corrected chi connectivity index (χ1v) is 5.97. The molecule has 0 saturated carbocycles. The Kier molecular flexibility index (Phi) is 5.78. The van der Waals surface area contributed by atoms with Crippen LogP contribution in [0.1, 0.15) is 12.0 Å². The molecule has 0 fully saturated rings. The average Bonchev–Trinajstić information content (AvgIpc) is 2.28. The maximum absolute atomic E-state index is 12.5. The van der Waals surface area contributed by atoms with Gasteiger partial charge in [0.1, 0.15) is 6.04 Å². The molecule has 0 aliphatic carbocycles. The quantitative estimate of drug-likeness (QED) is 0.778. The zero-order chi connectivity index (χ0) is 12.7. The molecule has 1 N–H and O–H groups in total. The van der Waals surface area contributed by atoms with Gasteiger partial charge < -0.3 is 5.32 Å². The van der Waals surface area contributed by atoms with Crippen LogP contribution < -0.4 is 5.32 Å². The zero-order valence-electron chi connectivity index (χ0n) is 9.30. The molecular formula is C12H15ClF3N. The van der Waals surface area contributed by atoms with Crippen LogP contribution in [0.5, 0.6) is 0 Å². The molecule has 0 aromatic heterocycles. The lowest BCUT2D eigenvalue weighted by Gasteiger charge is -2.20. The van der Waals surface area contributed by atoms with Crippen molar-refractivity contribution in [1.29, 1.82) is 0 Å². The molecular weight excluding hydrogens is 251 g/mol. The second-order valence-corrected chi connectivity index (χ2v) is 4.14. The van der Waals surface area contributed by atoms with E-state index in [2.05, 4.69) is 5.32 Å². The molecule has 1 nitrogen and oxygen atoms in total. The van der Waals surface area contributed by atoms with Gasteiger partial charge in [-0.3, -0.25) is 0 Å². The van der Waals surface area contributed by atoms with E-state index in [1.165, 1.54) is 0 Å². The summed E-state index contributed by atoms with van der Waals surface area (Å²) in [5.41, 5.74) is 1.02. The Morgan fingerprint density at radius 1 is 1.18 bits per heavy atom. The van der Waals surface area contributed by atoms with Crippen molar-refractivity contribution in [2.75, 3.05) is 12.4 Å². The second kappa shape index (κ2) is 6.87. The molecule has 1 rings (SSSR count). The minimum Gasteiger partial charge on any atom is -0.306 e. The van der Waals surface area contributed by atoms with Crippen molar-refractivity contribution < 1.29 is 13.2 Å². The molecule has 5 heteroatoms. The predicted molar refractivity (Wildman–Crippen MR) is 63.3 cm³/mol. The van der Waals surface area contributed by atoms with E-state index in [-0.39, 0.29) is 12.3 Å². The molecule has 1 aromatic rings. The van der Waals surface area contributed by atoms with E-state index in [4.69, 9.17) is 11.6 Å². The van der Waals surface area contributed by atoms with Crippen LogP contribution in [0.15, 0.2) is 30.3 Å². The van der Waals surface area contributed by atoms with Crippen molar-refractivity contribution in [3.8, 4) is 0 Å². The average molecular weight is 266 g/mol. The summed E-state index contributed by atoms with van der Waals surface area (Å²) in [5, 5.41) is 2.50. The van der Waals surface area contributed by atoms with Crippen LogP contribution in [0.4, 0.5) is 13.2 Å². The first-order chi connectivity index (χ1) is 8.04. The van der Waals surface area contributed by atoms with Crippen LogP contribution in [0, 0.1) is 0 Å². The fourth-order valence-electron chi connectivity index (χ4n) is 1.53. The van der Waals surface area contributed by atoms with Crippen LogP contribution in [-0.2, 0) is 6.42 Å². The largest absolute Gasteiger partial charge is 0.403 e. The molecule has 96 valence electrons. The van der Waals surface area contributed by atoms with Gasteiger partial charge in [0.15, 0.2) is 0 Å². The Labute approximate surface area is 104 Å². The van der Waals surface area contributed by atoms with E-state index in [1.807, 2.05) is 30.3 Å². The molecule has 0 heterocycles. The highest BCUT2D eigenvalue weighted by atomic mass is 35.5. The van der Waals surface area contributed by atoms with E-state index in [0.717, 1.165) is 5.56 Å². The third kappa shape index (κ3) is 5.41. The molecule has 0 saturated heterocycles. The van der Waals surface area contributed by atoms with E-state index < -0.39 is 12.2 Å². The third-order valence-corrected chi connectivity index (χ3v) is 2.66. The van der Waals surface area contributed by atoms with Crippen molar-refractivity contribution >= 4 is 11.6 Å². The molecule has 0 bridgehead atoms. The number of benzene rings is 1. The SMILES string of the molecule is FC(F)(F)C(CCCl)NCCc1ccccc1. The van der Waals surface area contributed by atoms with Crippen molar-refractivity contribution in [3.05, 3.63) is 35.9 Å². The van der Waals surface area contributed by atoms with Crippen LogP contribution in [-0.4, -0.2) is 24.6 Å². The molecule has 0 aliphatic rings. The van der Waals surface area contributed by atoms with Crippen LogP contribution in [0.3, 0.4) is 0 Å². The Morgan fingerprint density at radius 2 is 1.82 bits per heavy atom. The summed E-state index contributed by atoms with van der Waals surface area (Å²) in [6, 6.07) is 7.90. The standard InChI is InChI=1S/C12H15ClF3N/c13-8-6-11(12(14,15)16)17-9-7-10-4-2-1-3-5-10/h1-5,11,17H,6-9H2. The lowest BCUT2D eigenvalue weighted by Crippen LogP contribution is -2.43. The molecule has 1 atom stereocenters. The minimum atomic E-state index is -4.23. The van der Waals surface area contributed by atoms with Gasteiger partial charge >= 0.3 is 6.18 Å². The van der Waals surface area contributed by atoms with Gasteiger partial charge in [-0.05, 0) is 24.9 Å². The summed E-state index contributed by atoms with van der Waals surface area (Å²) in [4.78, 5) is 0. The van der Waals surface area contributed by atoms with Gasteiger partial charge in [-0.1, -0.05) is 30.3 Å². The topological polar surface area (TPSA) is 12.0 Å². The lowest BCUT2D eigenvalue weighted by molar-refractivity contribution is -0.156. The fraction of sp³-hybridized carbons (Fsp3) is 0.500. The van der Waals surface area contributed by atoms with Crippen molar-refractivity contribution in [2.45, 2.75) is 25.1 Å². The summed E-state index contributed by atoms with van der Waals surface area (Å²) >= 11 is 5.36. The Balaban J connectivity index is 2.37. The maximum atomic E-state index is 12.5. The van der Waals surface area contributed by atoms with E-state index in [1.54, 1.807) is 0 Å². The maximum Gasteiger partial charge on any atom is 0.403 e. The second-order valence-electron chi connectivity index (χ2n) is 3.76. The number of rotatable bonds is 6. The van der Waals surface area contributed by atoms with Gasteiger partial charge in [0.25, 0.3) is 0 Å². The summed E-state index contributed by atoms with van der Waals surface area (Å²) in [6.07, 6.45) is -3.75. The summed E-state index contributed by atoms with van der Waals surface area (Å²) < 4.78 is 37.5. The van der Waals surface area contributed by atoms with Gasteiger partial charge in [0.2, 0.25) is 0 Å². The normalized spacial score (nSPS) is 13.6. The molecule has 0 radical (unpaired) electrons. The molecule has 0 amide bonds. The van der Waals surface area contributed by atoms with Crippen LogP contribution in [0.25, 0.3) is 0 Å². The number of alkyl halides is 4. The molecule has 1 unspecified atom stereocenters. The summed E-state index contributed by atoms with van der Waals surface area (Å²) in [7, 11) is 0. The van der Waals surface area contributed by atoms with Gasteiger partial charge in [0, 0.05) is 5.88 Å². The van der Waals surface area contributed by atoms with Crippen LogP contribution >= 0.6 is 11.6 Å². The fourth-order valence-corrected chi connectivity index (χ4v) is 1.74. The minimum absolute atomic E-state index is 0.00249. The molecule has 0 spiro atoms. The smallest absolute Gasteiger partial charge is 0.306 e. The summed E-state index contributed by atoms with van der Waals surface area (Å²) in [5.74, 6) is 0.00249. The number of hydrogen-bond donors (Lipinski definition) is 1. The molecule has 17 heavy (non-hydrogen) atoms. The van der Waals surface area contributed by atoms with Gasteiger partial charge in [-0.2, -0.15) is 13.2 Å². The first kappa shape index (κ1) is 14.3. The highest BCUT2D eigenvalue weighted by Crippen LogP contribution is 2.22. The van der Waals surface area contributed by atoms with Crippen molar-refractivity contribution in [2.24, 2.45) is 0 Å². The van der Waals surface area contributed by atoms with Gasteiger partial charge in [-0.25, -0.2) is 0 Å². The van der Waals surface area contributed by atoms with Crippen LogP contribution in [0.2, 0.25) is 0 Å². The Bertz CT molecular complexity index is 313. The summed E-state index contributed by atoms with van der Waals surface area (Å²) in [6.45, 7) is 0.297. The Morgan fingerprint density at radius 3 is 2.35 bits per heavy atom. The number of hydrogen-bond acceptors (Lipinski definition) is 1. The first-order valence-electron chi connectivity index (χ1n) is 5.44. The predicted octanol–water partition coefficient (Wildman–Crippen LogP) is 3.38. The molecule has 0 aliphatic heterocycles. The van der Waals surface area contributed by atoms with Crippen molar-refractivity contribution in [1.82, 2.24) is 5.32 Å². The van der Waals surface area contributed by atoms with E-state index in [9.17, 15) is 13.2 Å². The molecule has 1 aromatic carbocycles. The third-order valence-electron chi connectivity index (χ3n) is 2.44. The highest BCUT2D eigenvalue weighted by molar-refractivity contribution is 6.17.